The lowest BCUT2D eigenvalue weighted by atomic mass is 9.99. The molecule has 11 rings (SSSR count). The monoisotopic (exact) mass is 662 g/mol. The maximum absolute atomic E-state index is 5.05. The summed E-state index contributed by atoms with van der Waals surface area (Å²) in [5.41, 5.74) is 11.4. The number of benzene rings is 8. The van der Waals surface area contributed by atoms with Crippen molar-refractivity contribution in [1.82, 2.24) is 19.1 Å². The average molecular weight is 663 g/mol. The van der Waals surface area contributed by atoms with Gasteiger partial charge in [0.25, 0.3) is 0 Å². The Bertz CT molecular complexity index is 3190. The third-order valence-electron chi connectivity index (χ3n) is 10.5. The van der Waals surface area contributed by atoms with E-state index in [-0.39, 0.29) is 0 Å². The number of hydrogen-bond donors (Lipinski definition) is 0. The molecule has 3 heterocycles. The van der Waals surface area contributed by atoms with Crippen LogP contribution in [0.25, 0.3) is 99.2 Å². The Morgan fingerprint density at radius 2 is 1.04 bits per heavy atom. The molecule has 0 radical (unpaired) electrons. The quantitative estimate of drug-likeness (QED) is 0.188. The fourth-order valence-electron chi connectivity index (χ4n) is 8.14. The van der Waals surface area contributed by atoms with Gasteiger partial charge in [-0.25, -0.2) is 9.97 Å². The van der Waals surface area contributed by atoms with Crippen molar-refractivity contribution >= 4 is 65.3 Å². The van der Waals surface area contributed by atoms with Gasteiger partial charge in [0.1, 0.15) is 0 Å². The number of nitrogens with zero attached hydrogens (tertiary/aromatic N) is 4. The Hall–Kier alpha value is -7.04. The van der Waals surface area contributed by atoms with Gasteiger partial charge in [-0.15, -0.1) is 0 Å². The van der Waals surface area contributed by atoms with Gasteiger partial charge in [-0.2, -0.15) is 0 Å². The minimum absolute atomic E-state index is 0.672. The molecule has 0 unspecified atom stereocenters. The number of para-hydroxylation sites is 2. The van der Waals surface area contributed by atoms with Crippen LogP contribution in [0.1, 0.15) is 0 Å². The average Bonchev–Trinajstić information content (AvgIpc) is 3.73. The Labute approximate surface area is 299 Å². The van der Waals surface area contributed by atoms with Crippen LogP contribution in [0.15, 0.2) is 182 Å². The summed E-state index contributed by atoms with van der Waals surface area (Å²) in [5, 5.41) is 8.32. The van der Waals surface area contributed by atoms with E-state index in [1.54, 1.807) is 0 Å². The summed E-state index contributed by atoms with van der Waals surface area (Å²) in [6, 6.07) is 63.2. The summed E-state index contributed by atoms with van der Waals surface area (Å²) in [7, 11) is 0. The zero-order chi connectivity index (χ0) is 34.2. The highest BCUT2D eigenvalue weighted by Gasteiger charge is 2.19. The molecule has 4 nitrogen and oxygen atoms in total. The molecule has 0 aliphatic rings. The summed E-state index contributed by atoms with van der Waals surface area (Å²) in [6.45, 7) is 0. The zero-order valence-electron chi connectivity index (χ0n) is 28.1. The fourth-order valence-corrected chi connectivity index (χ4v) is 8.14. The van der Waals surface area contributed by atoms with Crippen LogP contribution in [0.4, 0.5) is 0 Å². The molecule has 0 fully saturated rings. The van der Waals surface area contributed by atoms with Crippen molar-refractivity contribution in [3.8, 4) is 33.9 Å². The lowest BCUT2D eigenvalue weighted by Crippen LogP contribution is -2.00. The van der Waals surface area contributed by atoms with Crippen LogP contribution in [-0.2, 0) is 0 Å². The molecule has 0 saturated carbocycles. The normalized spacial score (nSPS) is 11.8. The van der Waals surface area contributed by atoms with Crippen LogP contribution in [0.2, 0.25) is 0 Å². The molecule has 0 bridgehead atoms. The van der Waals surface area contributed by atoms with Gasteiger partial charge in [0, 0.05) is 38.8 Å². The highest BCUT2D eigenvalue weighted by molar-refractivity contribution is 6.22. The van der Waals surface area contributed by atoms with Gasteiger partial charge in [0.2, 0.25) is 5.95 Å². The first-order chi connectivity index (χ1) is 25.8. The van der Waals surface area contributed by atoms with Crippen LogP contribution in [0.5, 0.6) is 0 Å². The Morgan fingerprint density at radius 1 is 0.365 bits per heavy atom. The summed E-state index contributed by atoms with van der Waals surface area (Å²) >= 11 is 0. The molecule has 0 aliphatic heterocycles. The molecule has 11 aromatic rings. The third-order valence-corrected chi connectivity index (χ3v) is 10.5. The van der Waals surface area contributed by atoms with Gasteiger partial charge in [-0.05, 0) is 81.6 Å². The second kappa shape index (κ2) is 11.2. The third kappa shape index (κ3) is 4.34. The van der Waals surface area contributed by atoms with E-state index >= 15 is 0 Å². The van der Waals surface area contributed by atoms with Gasteiger partial charge in [0.05, 0.1) is 27.6 Å². The highest BCUT2D eigenvalue weighted by atomic mass is 15.2. The van der Waals surface area contributed by atoms with E-state index in [1.165, 1.54) is 60.0 Å². The van der Waals surface area contributed by atoms with Crippen LogP contribution >= 0.6 is 0 Å². The highest BCUT2D eigenvalue weighted by Crippen LogP contribution is 2.40. The molecule has 242 valence electrons. The molecule has 0 spiro atoms. The maximum atomic E-state index is 5.05. The summed E-state index contributed by atoms with van der Waals surface area (Å²) < 4.78 is 4.63. The molecule has 0 N–H and O–H groups in total. The zero-order valence-corrected chi connectivity index (χ0v) is 28.1. The standard InChI is InChI=1S/C48H30N4/c1-2-11-31(12-3-1)33-15-10-16-37(27-33)51-43-20-9-7-18-39(43)40-24-21-35(29-46(40)51)34-23-25-44-41(28-34)47-38-17-6-4-13-32(38)22-26-45(47)52(44)48-49-30-36-14-5-8-19-42(36)50-48/h1-30H. The molecule has 52 heavy (non-hydrogen) atoms. The first-order valence-electron chi connectivity index (χ1n) is 17.7. The lowest BCUT2D eigenvalue weighted by Gasteiger charge is -2.11. The smallest absolute Gasteiger partial charge is 0.235 e. The van der Waals surface area contributed by atoms with E-state index < -0.39 is 0 Å². The van der Waals surface area contributed by atoms with Crippen molar-refractivity contribution in [2.75, 3.05) is 0 Å². The topological polar surface area (TPSA) is 35.6 Å². The van der Waals surface area contributed by atoms with Crippen LogP contribution in [0.3, 0.4) is 0 Å². The Balaban J connectivity index is 1.15. The van der Waals surface area contributed by atoms with E-state index in [0.717, 1.165) is 33.2 Å². The molecule has 0 saturated heterocycles. The summed E-state index contributed by atoms with van der Waals surface area (Å²) in [6.07, 6.45) is 1.93. The second-order valence-electron chi connectivity index (χ2n) is 13.5. The van der Waals surface area contributed by atoms with E-state index in [1.807, 2.05) is 18.3 Å². The Kier molecular flexibility index (Phi) is 6.22. The first kappa shape index (κ1) is 28.8. The van der Waals surface area contributed by atoms with Crippen molar-refractivity contribution in [3.63, 3.8) is 0 Å². The maximum Gasteiger partial charge on any atom is 0.235 e. The number of fused-ring (bicyclic) bond motifs is 9. The molecule has 0 aliphatic carbocycles. The molecule has 8 aromatic carbocycles. The summed E-state index contributed by atoms with van der Waals surface area (Å²) in [5.74, 6) is 0.672. The molecule has 3 aromatic heterocycles. The van der Waals surface area contributed by atoms with E-state index in [9.17, 15) is 0 Å². The molecular formula is C48H30N4. The van der Waals surface area contributed by atoms with Gasteiger partial charge in [-0.3, -0.25) is 4.57 Å². The molecule has 4 heteroatoms. The predicted molar refractivity (Wildman–Crippen MR) is 217 cm³/mol. The number of hydrogen-bond acceptors (Lipinski definition) is 2. The van der Waals surface area contributed by atoms with Crippen molar-refractivity contribution in [3.05, 3.63) is 182 Å². The largest absolute Gasteiger partial charge is 0.309 e. The lowest BCUT2D eigenvalue weighted by molar-refractivity contribution is 1.01. The van der Waals surface area contributed by atoms with Crippen molar-refractivity contribution in [1.29, 1.82) is 0 Å². The van der Waals surface area contributed by atoms with Gasteiger partial charge < -0.3 is 4.57 Å². The minimum Gasteiger partial charge on any atom is -0.309 e. The second-order valence-corrected chi connectivity index (χ2v) is 13.5. The first-order valence-corrected chi connectivity index (χ1v) is 17.7. The van der Waals surface area contributed by atoms with Crippen LogP contribution in [0, 0.1) is 0 Å². The van der Waals surface area contributed by atoms with Gasteiger partial charge in [-0.1, -0.05) is 127 Å². The van der Waals surface area contributed by atoms with Crippen molar-refractivity contribution in [2.45, 2.75) is 0 Å². The van der Waals surface area contributed by atoms with Gasteiger partial charge >= 0.3 is 0 Å². The van der Waals surface area contributed by atoms with E-state index in [2.05, 4.69) is 173 Å². The molecule has 0 amide bonds. The van der Waals surface area contributed by atoms with E-state index in [4.69, 9.17) is 9.97 Å². The van der Waals surface area contributed by atoms with Crippen molar-refractivity contribution < 1.29 is 0 Å². The minimum atomic E-state index is 0.672. The predicted octanol–water partition coefficient (Wildman–Crippen LogP) is 12.3. The number of rotatable bonds is 4. The van der Waals surface area contributed by atoms with Crippen molar-refractivity contribution in [2.24, 2.45) is 0 Å². The molecular weight excluding hydrogens is 633 g/mol. The SMILES string of the molecule is c1ccc(-c2cccc(-n3c4ccccc4c4ccc(-c5ccc6c(c5)c5c7ccccc7ccc5n6-c5ncc6ccccc6n5)cc43)c2)cc1. The Morgan fingerprint density at radius 3 is 1.96 bits per heavy atom. The number of aromatic nitrogens is 4. The van der Waals surface area contributed by atoms with E-state index in [0.29, 0.717) is 5.95 Å². The van der Waals surface area contributed by atoms with Gasteiger partial charge in [0.15, 0.2) is 0 Å². The van der Waals surface area contributed by atoms with Crippen LogP contribution in [-0.4, -0.2) is 19.1 Å². The fraction of sp³-hybridized carbons (Fsp3) is 0. The summed E-state index contributed by atoms with van der Waals surface area (Å²) in [4.78, 5) is 9.92. The molecule has 0 atom stereocenters. The van der Waals surface area contributed by atoms with Crippen LogP contribution < -0.4 is 0 Å².